The van der Waals surface area contributed by atoms with Crippen molar-refractivity contribution in [1.82, 2.24) is 0 Å². The zero-order valence-corrected chi connectivity index (χ0v) is 12.4. The van der Waals surface area contributed by atoms with E-state index in [1.54, 1.807) is 6.07 Å². The Morgan fingerprint density at radius 1 is 1.00 bits per heavy atom. The highest BCUT2D eigenvalue weighted by molar-refractivity contribution is 6.43. The van der Waals surface area contributed by atoms with Crippen LogP contribution in [0.5, 0.6) is 0 Å². The molecule has 0 bridgehead atoms. The Morgan fingerprint density at radius 3 is 2.47 bits per heavy atom. The highest BCUT2D eigenvalue weighted by atomic mass is 35.5. The third-order valence-corrected chi connectivity index (χ3v) is 3.88. The van der Waals surface area contributed by atoms with E-state index >= 15 is 0 Å². The summed E-state index contributed by atoms with van der Waals surface area (Å²) in [7, 11) is 0. The van der Waals surface area contributed by atoms with Crippen molar-refractivity contribution in [1.29, 1.82) is 0 Å². The predicted molar refractivity (Wildman–Crippen MR) is 84.3 cm³/mol. The minimum atomic E-state index is 0.344. The third kappa shape index (κ3) is 4.15. The number of rotatable bonds is 5. The van der Waals surface area contributed by atoms with E-state index in [9.17, 15) is 0 Å². The Kier molecular flexibility index (Phi) is 5.12. The van der Waals surface area contributed by atoms with E-state index < -0.39 is 0 Å². The maximum absolute atomic E-state index is 6.16. The van der Waals surface area contributed by atoms with E-state index in [4.69, 9.17) is 23.2 Å². The fourth-order valence-electron chi connectivity index (χ4n) is 1.98. The second-order valence-electron chi connectivity index (χ2n) is 4.67. The summed E-state index contributed by atoms with van der Waals surface area (Å²) in [5.74, 6) is 0. The van der Waals surface area contributed by atoms with Crippen LogP contribution in [-0.4, -0.2) is 6.04 Å². The van der Waals surface area contributed by atoms with E-state index in [1.807, 2.05) is 18.2 Å². The van der Waals surface area contributed by atoms with Gasteiger partial charge in [-0.2, -0.15) is 0 Å². The van der Waals surface area contributed by atoms with Gasteiger partial charge in [-0.05, 0) is 37.5 Å². The lowest BCUT2D eigenvalue weighted by atomic mass is 10.1. The summed E-state index contributed by atoms with van der Waals surface area (Å²) in [6.07, 6.45) is 2.10. The van der Waals surface area contributed by atoms with Crippen LogP contribution in [0.4, 0.5) is 5.69 Å². The molecule has 1 unspecified atom stereocenters. The van der Waals surface area contributed by atoms with Crippen molar-refractivity contribution in [3.05, 3.63) is 64.1 Å². The Bertz CT molecular complexity index is 526. The zero-order valence-electron chi connectivity index (χ0n) is 10.9. The molecule has 0 aromatic heterocycles. The molecular formula is C16H17Cl2N. The van der Waals surface area contributed by atoms with Crippen LogP contribution in [-0.2, 0) is 6.42 Å². The number of halogens is 2. The number of nitrogens with one attached hydrogen (secondary N) is 1. The van der Waals surface area contributed by atoms with Crippen LogP contribution in [0.25, 0.3) is 0 Å². The number of aryl methyl sites for hydroxylation is 1. The Labute approximate surface area is 124 Å². The molecule has 0 aliphatic heterocycles. The maximum atomic E-state index is 6.16. The molecule has 0 fully saturated rings. The van der Waals surface area contributed by atoms with Crippen molar-refractivity contribution in [2.75, 3.05) is 5.32 Å². The fraction of sp³-hybridized carbons (Fsp3) is 0.250. The first-order valence-electron chi connectivity index (χ1n) is 6.41. The maximum Gasteiger partial charge on any atom is 0.0823 e. The van der Waals surface area contributed by atoms with Gasteiger partial charge in [0.05, 0.1) is 15.7 Å². The van der Waals surface area contributed by atoms with Crippen LogP contribution >= 0.6 is 23.2 Å². The number of hydrogen-bond acceptors (Lipinski definition) is 1. The summed E-state index contributed by atoms with van der Waals surface area (Å²) in [4.78, 5) is 0. The van der Waals surface area contributed by atoms with Crippen LogP contribution in [0.15, 0.2) is 48.5 Å². The third-order valence-electron chi connectivity index (χ3n) is 3.06. The largest absolute Gasteiger partial charge is 0.381 e. The molecule has 2 rings (SSSR count). The zero-order chi connectivity index (χ0) is 13.7. The Balaban J connectivity index is 1.91. The first-order chi connectivity index (χ1) is 9.16. The summed E-state index contributed by atoms with van der Waals surface area (Å²) in [5, 5.41) is 4.58. The van der Waals surface area contributed by atoms with Gasteiger partial charge in [0, 0.05) is 6.04 Å². The minimum Gasteiger partial charge on any atom is -0.381 e. The van der Waals surface area contributed by atoms with Gasteiger partial charge < -0.3 is 5.32 Å². The molecule has 1 atom stereocenters. The molecule has 1 N–H and O–H groups in total. The van der Waals surface area contributed by atoms with Crippen molar-refractivity contribution in [3.63, 3.8) is 0 Å². The molecular weight excluding hydrogens is 277 g/mol. The summed E-state index contributed by atoms with van der Waals surface area (Å²) in [5.41, 5.74) is 2.25. The summed E-state index contributed by atoms with van der Waals surface area (Å²) in [6.45, 7) is 2.15. The Hall–Kier alpha value is -1.18. The van der Waals surface area contributed by atoms with Crippen LogP contribution in [0.3, 0.4) is 0 Å². The van der Waals surface area contributed by atoms with Gasteiger partial charge in [0.15, 0.2) is 0 Å². The van der Waals surface area contributed by atoms with E-state index in [1.165, 1.54) is 5.56 Å². The second kappa shape index (κ2) is 6.83. The van der Waals surface area contributed by atoms with Crippen molar-refractivity contribution in [2.45, 2.75) is 25.8 Å². The summed E-state index contributed by atoms with van der Waals surface area (Å²) < 4.78 is 0. The standard InChI is InChI=1S/C16H17Cl2N/c1-12(10-11-13-6-3-2-4-7-13)19-15-9-5-8-14(17)16(15)18/h2-9,12,19H,10-11H2,1H3. The average Bonchev–Trinajstić information content (AvgIpc) is 2.43. The van der Waals surface area contributed by atoms with Crippen molar-refractivity contribution < 1.29 is 0 Å². The first kappa shape index (κ1) is 14.2. The lowest BCUT2D eigenvalue weighted by molar-refractivity contribution is 0.706. The molecule has 0 amide bonds. The van der Waals surface area contributed by atoms with Gasteiger partial charge in [0.25, 0.3) is 0 Å². The molecule has 2 aromatic rings. The van der Waals surface area contributed by atoms with Crippen LogP contribution in [0.1, 0.15) is 18.9 Å². The summed E-state index contributed by atoms with van der Waals surface area (Å²) >= 11 is 12.2. The van der Waals surface area contributed by atoms with Gasteiger partial charge in [-0.3, -0.25) is 0 Å². The van der Waals surface area contributed by atoms with Crippen LogP contribution in [0.2, 0.25) is 10.0 Å². The normalized spacial score (nSPS) is 12.2. The number of benzene rings is 2. The van der Waals surface area contributed by atoms with E-state index in [-0.39, 0.29) is 0 Å². The SMILES string of the molecule is CC(CCc1ccccc1)Nc1cccc(Cl)c1Cl. The van der Waals surface area contributed by atoms with Crippen molar-refractivity contribution >= 4 is 28.9 Å². The predicted octanol–water partition coefficient (Wildman–Crippen LogP) is 5.43. The highest BCUT2D eigenvalue weighted by Gasteiger charge is 2.07. The van der Waals surface area contributed by atoms with Gasteiger partial charge in [0.2, 0.25) is 0 Å². The number of hydrogen-bond donors (Lipinski definition) is 1. The van der Waals surface area contributed by atoms with Gasteiger partial charge in [-0.1, -0.05) is 59.6 Å². The van der Waals surface area contributed by atoms with Crippen LogP contribution in [0, 0.1) is 0 Å². The topological polar surface area (TPSA) is 12.0 Å². The molecule has 2 aromatic carbocycles. The first-order valence-corrected chi connectivity index (χ1v) is 7.17. The monoisotopic (exact) mass is 293 g/mol. The van der Waals surface area contributed by atoms with Gasteiger partial charge in [0.1, 0.15) is 0 Å². The minimum absolute atomic E-state index is 0.344. The quantitative estimate of drug-likeness (QED) is 0.775. The molecule has 0 heterocycles. The fourth-order valence-corrected chi connectivity index (χ4v) is 2.34. The lowest BCUT2D eigenvalue weighted by Crippen LogP contribution is -2.16. The van der Waals surface area contributed by atoms with Gasteiger partial charge in [-0.25, -0.2) is 0 Å². The van der Waals surface area contributed by atoms with Crippen molar-refractivity contribution in [3.8, 4) is 0 Å². The van der Waals surface area contributed by atoms with E-state index in [0.717, 1.165) is 18.5 Å². The molecule has 19 heavy (non-hydrogen) atoms. The molecule has 0 spiro atoms. The molecule has 0 aliphatic carbocycles. The number of anilines is 1. The van der Waals surface area contributed by atoms with Gasteiger partial charge >= 0.3 is 0 Å². The van der Waals surface area contributed by atoms with E-state index in [2.05, 4.69) is 36.5 Å². The average molecular weight is 294 g/mol. The summed E-state index contributed by atoms with van der Waals surface area (Å²) in [6, 6.07) is 16.5. The molecule has 1 nitrogen and oxygen atoms in total. The lowest BCUT2D eigenvalue weighted by Gasteiger charge is -2.16. The smallest absolute Gasteiger partial charge is 0.0823 e. The highest BCUT2D eigenvalue weighted by Crippen LogP contribution is 2.30. The molecule has 0 saturated heterocycles. The van der Waals surface area contributed by atoms with Crippen molar-refractivity contribution in [2.24, 2.45) is 0 Å². The second-order valence-corrected chi connectivity index (χ2v) is 5.46. The van der Waals surface area contributed by atoms with E-state index in [0.29, 0.717) is 16.1 Å². The van der Waals surface area contributed by atoms with Gasteiger partial charge in [-0.15, -0.1) is 0 Å². The van der Waals surface area contributed by atoms with Crippen LogP contribution < -0.4 is 5.32 Å². The molecule has 3 heteroatoms. The molecule has 100 valence electrons. The molecule has 0 radical (unpaired) electrons. The molecule has 0 saturated carbocycles. The molecule has 0 aliphatic rings. The Morgan fingerprint density at radius 2 is 1.74 bits per heavy atom.